The minimum Gasteiger partial charge on any atom is -0.292 e. The number of nitrogens with one attached hydrogen (secondary N) is 2. The van der Waals surface area contributed by atoms with Gasteiger partial charge in [-0.1, -0.05) is 29.8 Å². The van der Waals surface area contributed by atoms with Gasteiger partial charge >= 0.3 is 12.2 Å². The van der Waals surface area contributed by atoms with E-state index >= 15 is 0 Å². The molecule has 0 saturated heterocycles. The fourth-order valence-corrected chi connectivity index (χ4v) is 3.07. The normalized spacial score (nSPS) is 11.2. The number of halogens is 5. The van der Waals surface area contributed by atoms with Gasteiger partial charge in [0.2, 0.25) is 0 Å². The molecule has 3 rings (SSSR count). The van der Waals surface area contributed by atoms with Crippen molar-refractivity contribution in [1.82, 2.24) is 10.3 Å². The van der Waals surface area contributed by atoms with Crippen molar-refractivity contribution >= 4 is 29.4 Å². The number of hydrogen-bond donors (Lipinski definition) is 2. The third-order valence-electron chi connectivity index (χ3n) is 4.27. The topological polar surface area (TPSA) is 71.1 Å². The highest BCUT2D eigenvalue weighted by Gasteiger charge is 2.30. The number of hydrogen-bond acceptors (Lipinski definition) is 3. The molecule has 0 bridgehead atoms. The number of aryl methyl sites for hydroxylation is 1. The van der Waals surface area contributed by atoms with Crippen molar-refractivity contribution < 1.29 is 27.2 Å². The first-order valence-electron chi connectivity index (χ1n) is 8.77. The Hall–Kier alpha value is -3.46. The monoisotopic (exact) mass is 451 g/mol. The molecule has 5 nitrogen and oxygen atoms in total. The molecule has 0 radical (unpaired) electrons. The first kappa shape index (κ1) is 22.2. The number of carbonyl (C=O) groups is 2. The minimum atomic E-state index is -4.48. The summed E-state index contributed by atoms with van der Waals surface area (Å²) in [6.07, 6.45) is -3.18. The summed E-state index contributed by atoms with van der Waals surface area (Å²) in [4.78, 5) is 28.2. The number of anilines is 1. The molecule has 2 aromatic carbocycles. The zero-order valence-electron chi connectivity index (χ0n) is 15.8. The maximum Gasteiger partial charge on any atom is 0.416 e. The van der Waals surface area contributed by atoms with Gasteiger partial charge in [-0.2, -0.15) is 13.2 Å². The lowest BCUT2D eigenvalue weighted by Crippen LogP contribution is -2.35. The summed E-state index contributed by atoms with van der Waals surface area (Å²) in [6.45, 7) is 1.63. The lowest BCUT2D eigenvalue weighted by molar-refractivity contribution is -0.137. The van der Waals surface area contributed by atoms with Crippen LogP contribution in [0.25, 0.3) is 11.1 Å². The van der Waals surface area contributed by atoms with E-state index in [-0.39, 0.29) is 10.8 Å². The molecule has 0 aliphatic heterocycles. The number of rotatable bonds is 3. The lowest BCUT2D eigenvalue weighted by Gasteiger charge is -2.12. The quantitative estimate of drug-likeness (QED) is 0.492. The Morgan fingerprint density at radius 2 is 1.77 bits per heavy atom. The van der Waals surface area contributed by atoms with Gasteiger partial charge < -0.3 is 0 Å². The molecule has 1 aromatic heterocycles. The van der Waals surface area contributed by atoms with E-state index < -0.39 is 35.1 Å². The molecule has 0 unspecified atom stereocenters. The van der Waals surface area contributed by atoms with Gasteiger partial charge in [-0.15, -0.1) is 0 Å². The Morgan fingerprint density at radius 1 is 1.06 bits per heavy atom. The highest BCUT2D eigenvalue weighted by molar-refractivity contribution is 6.34. The third kappa shape index (κ3) is 5.18. The van der Waals surface area contributed by atoms with Crippen LogP contribution in [-0.2, 0) is 6.18 Å². The number of imide groups is 1. The molecular formula is C21H14ClF4N3O2. The van der Waals surface area contributed by atoms with Gasteiger partial charge in [-0.05, 0) is 48.4 Å². The first-order valence-corrected chi connectivity index (χ1v) is 9.14. The van der Waals surface area contributed by atoms with E-state index in [9.17, 15) is 27.2 Å². The van der Waals surface area contributed by atoms with Gasteiger partial charge in [0.05, 0.1) is 16.1 Å². The largest absolute Gasteiger partial charge is 0.416 e. The summed E-state index contributed by atoms with van der Waals surface area (Å²) in [7, 11) is 0. The number of pyridine rings is 1. The fraction of sp³-hybridized carbons (Fsp3) is 0.0952. The zero-order chi connectivity index (χ0) is 22.8. The van der Waals surface area contributed by atoms with Crippen LogP contribution >= 0.6 is 11.6 Å². The molecule has 0 saturated carbocycles. The average Bonchev–Trinajstić information content (AvgIpc) is 2.67. The Morgan fingerprint density at radius 3 is 2.42 bits per heavy atom. The van der Waals surface area contributed by atoms with Crippen LogP contribution in [0.5, 0.6) is 0 Å². The Balaban J connectivity index is 1.75. The summed E-state index contributed by atoms with van der Waals surface area (Å²) in [5, 5.41) is 4.08. The van der Waals surface area contributed by atoms with Crippen LogP contribution in [0, 0.1) is 12.7 Å². The third-order valence-corrected chi connectivity index (χ3v) is 4.59. The van der Waals surface area contributed by atoms with E-state index in [0.29, 0.717) is 16.7 Å². The van der Waals surface area contributed by atoms with Gasteiger partial charge in [-0.3, -0.25) is 15.4 Å². The SMILES string of the molecule is Cc1cc(NC(=O)NC(=O)c2c(F)cccc2Cl)ncc1-c1cccc(C(F)(F)F)c1. The van der Waals surface area contributed by atoms with Crippen LogP contribution in [0.4, 0.5) is 28.2 Å². The molecule has 10 heteroatoms. The summed E-state index contributed by atoms with van der Waals surface area (Å²) in [6, 6.07) is 8.84. The smallest absolute Gasteiger partial charge is 0.292 e. The Bertz CT molecular complexity index is 1150. The van der Waals surface area contributed by atoms with Crippen LogP contribution < -0.4 is 10.6 Å². The molecule has 3 aromatic rings. The van der Waals surface area contributed by atoms with Crippen molar-refractivity contribution in [2.45, 2.75) is 13.1 Å². The van der Waals surface area contributed by atoms with E-state index in [0.717, 1.165) is 18.2 Å². The first-order chi connectivity index (χ1) is 14.6. The summed E-state index contributed by atoms with van der Waals surface area (Å²) in [5.41, 5.74) is -0.000723. The molecule has 2 N–H and O–H groups in total. The second-order valence-corrected chi connectivity index (χ2v) is 6.88. The summed E-state index contributed by atoms with van der Waals surface area (Å²) >= 11 is 5.79. The second-order valence-electron chi connectivity index (χ2n) is 6.47. The highest BCUT2D eigenvalue weighted by Crippen LogP contribution is 2.33. The second kappa shape index (κ2) is 8.73. The average molecular weight is 452 g/mol. The molecular weight excluding hydrogens is 438 g/mol. The number of carbonyl (C=O) groups excluding carboxylic acids is 2. The van der Waals surface area contributed by atoms with Crippen LogP contribution in [0.1, 0.15) is 21.5 Å². The molecule has 1 heterocycles. The molecule has 0 fully saturated rings. The van der Waals surface area contributed by atoms with Crippen molar-refractivity contribution in [2.24, 2.45) is 0 Å². The van der Waals surface area contributed by atoms with Crippen molar-refractivity contribution in [3.8, 4) is 11.1 Å². The number of amides is 3. The Labute approximate surface area is 179 Å². The molecule has 31 heavy (non-hydrogen) atoms. The van der Waals surface area contributed by atoms with E-state index in [1.165, 1.54) is 36.5 Å². The standard InChI is InChI=1S/C21H14ClF4N3O2/c1-11-8-17(27-10-14(11)12-4-2-5-13(9-12)21(24,25)26)28-20(31)29-19(30)18-15(22)6-3-7-16(18)23/h2-10H,1H3,(H2,27,28,29,30,31). The van der Waals surface area contributed by atoms with E-state index in [1.54, 1.807) is 6.92 Å². The van der Waals surface area contributed by atoms with Gasteiger partial charge in [-0.25, -0.2) is 14.2 Å². The van der Waals surface area contributed by atoms with E-state index in [2.05, 4.69) is 10.3 Å². The van der Waals surface area contributed by atoms with Crippen molar-refractivity contribution in [1.29, 1.82) is 0 Å². The number of benzene rings is 2. The number of aromatic nitrogens is 1. The maximum absolute atomic E-state index is 13.8. The van der Waals surface area contributed by atoms with Crippen LogP contribution in [0.15, 0.2) is 54.7 Å². The van der Waals surface area contributed by atoms with E-state index in [1.807, 2.05) is 5.32 Å². The summed E-state index contributed by atoms with van der Waals surface area (Å²) in [5.74, 6) is -1.90. The molecule has 3 amide bonds. The number of alkyl halides is 3. The highest BCUT2D eigenvalue weighted by atomic mass is 35.5. The molecule has 0 aliphatic carbocycles. The van der Waals surface area contributed by atoms with Gasteiger partial charge in [0.1, 0.15) is 11.6 Å². The van der Waals surface area contributed by atoms with E-state index in [4.69, 9.17) is 11.6 Å². The Kier molecular flexibility index (Phi) is 6.26. The van der Waals surface area contributed by atoms with Crippen molar-refractivity contribution in [3.63, 3.8) is 0 Å². The van der Waals surface area contributed by atoms with Crippen molar-refractivity contribution in [2.75, 3.05) is 5.32 Å². The molecule has 0 spiro atoms. The van der Waals surface area contributed by atoms with Crippen LogP contribution in [0.2, 0.25) is 5.02 Å². The predicted octanol–water partition coefficient (Wildman–Crippen LogP) is 5.83. The number of urea groups is 1. The molecule has 0 aliphatic rings. The number of nitrogens with zero attached hydrogens (tertiary/aromatic N) is 1. The molecule has 0 atom stereocenters. The fourth-order valence-electron chi connectivity index (χ4n) is 2.82. The molecule has 160 valence electrons. The van der Waals surface area contributed by atoms with Gasteiger partial charge in [0.15, 0.2) is 0 Å². The van der Waals surface area contributed by atoms with Gasteiger partial charge in [0.25, 0.3) is 5.91 Å². The van der Waals surface area contributed by atoms with Gasteiger partial charge in [0, 0.05) is 11.8 Å². The van der Waals surface area contributed by atoms with Crippen LogP contribution in [0.3, 0.4) is 0 Å². The minimum absolute atomic E-state index is 0.0400. The predicted molar refractivity (Wildman–Crippen MR) is 107 cm³/mol. The maximum atomic E-state index is 13.8. The lowest BCUT2D eigenvalue weighted by atomic mass is 10.0. The summed E-state index contributed by atoms with van der Waals surface area (Å²) < 4.78 is 52.6. The zero-order valence-corrected chi connectivity index (χ0v) is 16.6. The van der Waals surface area contributed by atoms with Crippen LogP contribution in [-0.4, -0.2) is 16.9 Å². The van der Waals surface area contributed by atoms with Crippen molar-refractivity contribution in [3.05, 3.63) is 82.3 Å².